The molecule has 4 fully saturated rings. The van der Waals surface area contributed by atoms with Crippen LogP contribution in [0.4, 0.5) is 0 Å². The van der Waals surface area contributed by atoms with Crippen LogP contribution in [0, 0.1) is 28.6 Å². The largest absolute Gasteiger partial charge is 0.462 e. The van der Waals surface area contributed by atoms with Gasteiger partial charge in [-0.2, -0.15) is 0 Å². The van der Waals surface area contributed by atoms with Crippen molar-refractivity contribution < 1.29 is 38.1 Å². The molecular weight excluding hydrogens is 476 g/mol. The number of carbonyl (C=O) groups is 4. The molecule has 37 heavy (non-hydrogen) atoms. The van der Waals surface area contributed by atoms with Crippen LogP contribution in [0.3, 0.4) is 0 Å². The zero-order chi connectivity index (χ0) is 26.8. The molecule has 3 saturated carbocycles. The minimum atomic E-state index is -1.29. The number of ketones is 2. The summed E-state index contributed by atoms with van der Waals surface area (Å²) in [7, 11) is 0. The maximum atomic E-state index is 13.9. The quantitative estimate of drug-likeness (QED) is 0.492. The molecule has 1 heterocycles. The van der Waals surface area contributed by atoms with Gasteiger partial charge in [0.25, 0.3) is 0 Å². The highest BCUT2D eigenvalue weighted by molar-refractivity contribution is 6.01. The SMILES string of the molecule is CCC[C@H]1O[C@@H]2C[C@H]3[C@@H]4CCC5=CC(=O)C=C[C@]5(C)[C@@H]4[C@H](OC(C)=O)C[C@]3(C)[C@]2(C(=O)COC(C)=O)O1. The Hall–Kier alpha value is -2.32. The van der Waals surface area contributed by atoms with Crippen molar-refractivity contribution in [1.29, 1.82) is 0 Å². The number of esters is 2. The maximum Gasteiger partial charge on any atom is 0.303 e. The van der Waals surface area contributed by atoms with Crippen molar-refractivity contribution in [3.05, 3.63) is 23.8 Å². The first-order valence-corrected chi connectivity index (χ1v) is 13.6. The molecule has 8 nitrogen and oxygen atoms in total. The molecule has 5 rings (SSSR count). The molecule has 0 aromatic rings. The molecule has 0 N–H and O–H groups in total. The van der Waals surface area contributed by atoms with E-state index >= 15 is 0 Å². The topological polar surface area (TPSA) is 105 Å². The monoisotopic (exact) mass is 514 g/mol. The van der Waals surface area contributed by atoms with Crippen molar-refractivity contribution in [3.63, 3.8) is 0 Å². The molecule has 5 aliphatic rings. The lowest BCUT2D eigenvalue weighted by Crippen LogP contribution is -2.64. The second kappa shape index (κ2) is 9.16. The normalized spacial score (nSPS) is 43.7. The summed E-state index contributed by atoms with van der Waals surface area (Å²) in [5.74, 6) is -1.03. The Morgan fingerprint density at radius 2 is 1.92 bits per heavy atom. The number of hydrogen-bond donors (Lipinski definition) is 0. The third-order valence-corrected chi connectivity index (χ3v) is 9.93. The molecule has 0 unspecified atom stereocenters. The summed E-state index contributed by atoms with van der Waals surface area (Å²) in [5.41, 5.74) is -1.32. The first-order valence-electron chi connectivity index (χ1n) is 13.6. The standard InChI is InChI=1S/C29H38O8/c1-6-7-25-36-24-13-21-20-9-8-18-12-19(32)10-11-27(18,4)26(20)22(35-17(3)31)14-28(21,5)29(24,37-25)23(33)15-34-16(2)30/h10-12,20-22,24-26H,6-9,13-15H2,1-5H3/t20-,21-,22+,24+,25-,26-,27-,28-,29+/m0/s1. The van der Waals surface area contributed by atoms with Crippen LogP contribution in [0.2, 0.25) is 0 Å². The Labute approximate surface area is 218 Å². The number of allylic oxidation sites excluding steroid dienone is 4. The fourth-order valence-corrected chi connectivity index (χ4v) is 8.57. The molecule has 0 bridgehead atoms. The van der Waals surface area contributed by atoms with Gasteiger partial charge in [0.05, 0.1) is 6.10 Å². The summed E-state index contributed by atoms with van der Waals surface area (Å²) in [6.07, 6.45) is 8.07. The van der Waals surface area contributed by atoms with Gasteiger partial charge in [-0.05, 0) is 56.1 Å². The van der Waals surface area contributed by atoms with Crippen LogP contribution in [0.15, 0.2) is 23.8 Å². The van der Waals surface area contributed by atoms with Crippen LogP contribution >= 0.6 is 0 Å². The first-order chi connectivity index (χ1) is 17.5. The van der Waals surface area contributed by atoms with Crippen molar-refractivity contribution in [2.24, 2.45) is 28.6 Å². The van der Waals surface area contributed by atoms with E-state index in [0.717, 1.165) is 24.8 Å². The lowest BCUT2D eigenvalue weighted by Gasteiger charge is -2.60. The van der Waals surface area contributed by atoms with Gasteiger partial charge >= 0.3 is 11.9 Å². The molecule has 8 heteroatoms. The summed E-state index contributed by atoms with van der Waals surface area (Å²) < 4.78 is 24.2. The van der Waals surface area contributed by atoms with E-state index in [1.807, 2.05) is 13.0 Å². The third-order valence-electron chi connectivity index (χ3n) is 9.93. The van der Waals surface area contributed by atoms with Crippen molar-refractivity contribution >= 4 is 23.5 Å². The highest BCUT2D eigenvalue weighted by atomic mass is 16.7. The van der Waals surface area contributed by atoms with E-state index in [1.54, 1.807) is 12.2 Å². The first kappa shape index (κ1) is 26.3. The number of carbonyl (C=O) groups excluding carboxylic acids is 4. The second-order valence-electron chi connectivity index (χ2n) is 11.9. The van der Waals surface area contributed by atoms with Gasteiger partial charge in [0, 0.05) is 30.6 Å². The number of Topliss-reactive ketones (excluding diaryl/α,β-unsaturated/α-hetero) is 1. The molecule has 202 valence electrons. The van der Waals surface area contributed by atoms with Crippen molar-refractivity contribution in [2.75, 3.05) is 6.61 Å². The van der Waals surface area contributed by atoms with Crippen LogP contribution in [0.25, 0.3) is 0 Å². The van der Waals surface area contributed by atoms with Crippen LogP contribution in [-0.2, 0) is 38.1 Å². The third kappa shape index (κ3) is 3.85. The Morgan fingerprint density at radius 3 is 2.59 bits per heavy atom. The lowest BCUT2D eigenvalue weighted by molar-refractivity contribution is -0.208. The fraction of sp³-hybridized carbons (Fsp3) is 0.724. The van der Waals surface area contributed by atoms with Gasteiger partial charge in [0.15, 0.2) is 24.3 Å². The summed E-state index contributed by atoms with van der Waals surface area (Å²) in [6, 6.07) is 0. The van der Waals surface area contributed by atoms with E-state index in [4.69, 9.17) is 18.9 Å². The van der Waals surface area contributed by atoms with Gasteiger partial charge in [0.1, 0.15) is 6.10 Å². The summed E-state index contributed by atoms with van der Waals surface area (Å²) in [5, 5.41) is 0. The van der Waals surface area contributed by atoms with E-state index < -0.39 is 40.9 Å². The second-order valence-corrected chi connectivity index (χ2v) is 11.9. The molecule has 9 atom stereocenters. The van der Waals surface area contributed by atoms with Gasteiger partial charge in [-0.1, -0.05) is 38.8 Å². The average Bonchev–Trinajstić information content (AvgIpc) is 3.29. The molecule has 4 aliphatic carbocycles. The van der Waals surface area contributed by atoms with E-state index in [1.165, 1.54) is 13.8 Å². The van der Waals surface area contributed by atoms with Gasteiger partial charge < -0.3 is 18.9 Å². The minimum absolute atomic E-state index is 0.00945. The smallest absolute Gasteiger partial charge is 0.303 e. The van der Waals surface area contributed by atoms with Crippen molar-refractivity contribution in [1.82, 2.24) is 0 Å². The predicted octanol–water partition coefficient (Wildman–Crippen LogP) is 3.86. The van der Waals surface area contributed by atoms with Gasteiger partial charge in [-0.25, -0.2) is 0 Å². The molecule has 0 radical (unpaired) electrons. The molecule has 1 aliphatic heterocycles. The fourth-order valence-electron chi connectivity index (χ4n) is 8.57. The molecule has 0 amide bonds. The van der Waals surface area contributed by atoms with Gasteiger partial charge in [0.2, 0.25) is 5.78 Å². The Bertz CT molecular complexity index is 1080. The van der Waals surface area contributed by atoms with Crippen LogP contribution in [-0.4, -0.2) is 54.2 Å². The van der Waals surface area contributed by atoms with Gasteiger partial charge in [-0.15, -0.1) is 0 Å². The average molecular weight is 515 g/mol. The predicted molar refractivity (Wildman–Crippen MR) is 132 cm³/mol. The Morgan fingerprint density at radius 1 is 1.16 bits per heavy atom. The molecule has 0 aromatic heterocycles. The van der Waals surface area contributed by atoms with Crippen LogP contribution < -0.4 is 0 Å². The van der Waals surface area contributed by atoms with Crippen molar-refractivity contribution in [2.45, 2.75) is 97.2 Å². The zero-order valence-corrected chi connectivity index (χ0v) is 22.4. The van der Waals surface area contributed by atoms with E-state index in [0.29, 0.717) is 19.3 Å². The number of ether oxygens (including phenoxy) is 4. The molecule has 0 aromatic carbocycles. The zero-order valence-electron chi connectivity index (χ0n) is 22.4. The number of fused-ring (bicyclic) bond motifs is 7. The number of hydrogen-bond acceptors (Lipinski definition) is 8. The molecule has 0 spiro atoms. The molecular formula is C29H38O8. The summed E-state index contributed by atoms with van der Waals surface area (Å²) in [4.78, 5) is 50.1. The van der Waals surface area contributed by atoms with E-state index in [-0.39, 0.29) is 41.9 Å². The Kier molecular flexibility index (Phi) is 6.51. The Balaban J connectivity index is 1.59. The lowest BCUT2D eigenvalue weighted by atomic mass is 9.46. The van der Waals surface area contributed by atoms with Crippen molar-refractivity contribution in [3.8, 4) is 0 Å². The van der Waals surface area contributed by atoms with Gasteiger partial charge in [-0.3, -0.25) is 19.2 Å². The minimum Gasteiger partial charge on any atom is -0.462 e. The molecule has 1 saturated heterocycles. The summed E-state index contributed by atoms with van der Waals surface area (Å²) >= 11 is 0. The van der Waals surface area contributed by atoms with E-state index in [2.05, 4.69) is 13.8 Å². The highest BCUT2D eigenvalue weighted by Gasteiger charge is 2.76. The number of rotatable bonds is 6. The maximum absolute atomic E-state index is 13.9. The van der Waals surface area contributed by atoms with Crippen LogP contribution in [0.1, 0.15) is 73.1 Å². The van der Waals surface area contributed by atoms with E-state index in [9.17, 15) is 19.2 Å². The summed E-state index contributed by atoms with van der Waals surface area (Å²) in [6.45, 7) is 8.57. The highest BCUT2D eigenvalue weighted by Crippen LogP contribution is 2.70. The van der Waals surface area contributed by atoms with Crippen LogP contribution in [0.5, 0.6) is 0 Å².